The van der Waals surface area contributed by atoms with Gasteiger partial charge in [-0.1, -0.05) is 0 Å². The number of hydrogen-bond donors (Lipinski definition) is 0. The van der Waals surface area contributed by atoms with Crippen molar-refractivity contribution in [3.63, 3.8) is 0 Å². The monoisotopic (exact) mass is 262 g/mol. The molecular weight excluding hydrogens is 236 g/mol. The van der Waals surface area contributed by atoms with Gasteiger partial charge in [0.05, 0.1) is 0 Å². The van der Waals surface area contributed by atoms with Crippen molar-refractivity contribution in [3.8, 4) is 0 Å². The minimum atomic E-state index is -1.46. The Kier molecular flexibility index (Phi) is 6.69. The summed E-state index contributed by atoms with van der Waals surface area (Å²) in [7, 11) is -2.92. The van der Waals surface area contributed by atoms with Crippen molar-refractivity contribution in [2.75, 3.05) is 13.2 Å². The van der Waals surface area contributed by atoms with Gasteiger partial charge in [-0.25, -0.2) is 0 Å². The molecule has 0 spiro atoms. The lowest BCUT2D eigenvalue weighted by atomic mass is 10.2. The minimum Gasteiger partial charge on any atom is -0.417 e. The third-order valence-corrected chi connectivity index (χ3v) is 3.97. The van der Waals surface area contributed by atoms with Gasteiger partial charge in [-0.05, 0) is 39.3 Å². The number of carbonyl (C=O) groups excluding carboxylic acids is 1. The largest absolute Gasteiger partial charge is 0.417 e. The molecule has 5 heteroatoms. The third-order valence-electron chi connectivity index (χ3n) is 1.83. The summed E-state index contributed by atoms with van der Waals surface area (Å²) in [5.74, 6) is 0.247. The van der Waals surface area contributed by atoms with Gasteiger partial charge in [0.1, 0.15) is 5.78 Å². The summed E-state index contributed by atoms with van der Waals surface area (Å²) in [5, 5.41) is 0. The van der Waals surface area contributed by atoms with Gasteiger partial charge in [-0.15, -0.1) is 0 Å². The van der Waals surface area contributed by atoms with Crippen molar-refractivity contribution in [1.29, 1.82) is 0 Å². The molecule has 0 aliphatic carbocycles. The Bertz CT molecular complexity index is 194. The zero-order valence-corrected chi connectivity index (χ0v) is 13.6. The van der Waals surface area contributed by atoms with E-state index in [0.717, 1.165) is 0 Å². The Morgan fingerprint density at radius 3 is 1.38 bits per heavy atom. The Labute approximate surface area is 102 Å². The van der Waals surface area contributed by atoms with E-state index in [2.05, 4.69) is 39.3 Å². The van der Waals surface area contributed by atoms with E-state index in [1.165, 1.54) is 0 Å². The summed E-state index contributed by atoms with van der Waals surface area (Å²) in [5.41, 5.74) is 0. The molecule has 0 unspecified atom stereocenters. The lowest BCUT2D eigenvalue weighted by molar-refractivity contribution is -0.120. The first kappa shape index (κ1) is 16.0. The van der Waals surface area contributed by atoms with Crippen LogP contribution in [-0.4, -0.2) is 35.6 Å². The highest BCUT2D eigenvalue weighted by Gasteiger charge is 2.16. The van der Waals surface area contributed by atoms with Crippen LogP contribution in [0.5, 0.6) is 0 Å². The molecule has 0 bridgehead atoms. The molecule has 0 fully saturated rings. The fourth-order valence-corrected chi connectivity index (χ4v) is 2.50. The van der Waals surface area contributed by atoms with Gasteiger partial charge >= 0.3 is 0 Å². The quantitative estimate of drug-likeness (QED) is 0.631. The second-order valence-electron chi connectivity index (χ2n) is 5.96. The van der Waals surface area contributed by atoms with Gasteiger partial charge in [-0.2, -0.15) is 0 Å². The standard InChI is InChI=1S/C11H26O3Si2/c1-15(2,3)13-9-7-11(12)8-10-14-16(4,5)6/h7-10H2,1-6H3. The first-order valence-electron chi connectivity index (χ1n) is 5.90. The average Bonchev–Trinajstić information content (AvgIpc) is 1.98. The number of carbonyl (C=O) groups is 1. The Morgan fingerprint density at radius 2 is 1.12 bits per heavy atom. The molecule has 0 rings (SSSR count). The molecule has 0 amide bonds. The van der Waals surface area contributed by atoms with Crippen LogP contribution in [0.15, 0.2) is 0 Å². The normalized spacial score (nSPS) is 12.9. The van der Waals surface area contributed by atoms with E-state index >= 15 is 0 Å². The Hall–Kier alpha value is 0.0238. The van der Waals surface area contributed by atoms with Gasteiger partial charge in [0.2, 0.25) is 0 Å². The Morgan fingerprint density at radius 1 is 0.812 bits per heavy atom. The fraction of sp³-hybridized carbons (Fsp3) is 0.909. The molecule has 0 aromatic carbocycles. The molecule has 0 heterocycles. The van der Waals surface area contributed by atoms with Crippen LogP contribution < -0.4 is 0 Å². The lowest BCUT2D eigenvalue weighted by Crippen LogP contribution is -2.28. The highest BCUT2D eigenvalue weighted by molar-refractivity contribution is 6.70. The summed E-state index contributed by atoms with van der Waals surface area (Å²) in [4.78, 5) is 11.5. The van der Waals surface area contributed by atoms with Gasteiger partial charge < -0.3 is 8.85 Å². The maximum Gasteiger partial charge on any atom is 0.183 e. The van der Waals surface area contributed by atoms with Crippen LogP contribution in [0.25, 0.3) is 0 Å². The third kappa shape index (κ3) is 12.1. The zero-order valence-electron chi connectivity index (χ0n) is 11.6. The fourth-order valence-electron chi connectivity index (χ4n) is 1.07. The zero-order chi connectivity index (χ0) is 12.8. The van der Waals surface area contributed by atoms with E-state index in [-0.39, 0.29) is 5.78 Å². The molecule has 0 radical (unpaired) electrons. The van der Waals surface area contributed by atoms with Gasteiger partial charge in [0.25, 0.3) is 0 Å². The SMILES string of the molecule is C[Si](C)(C)OCCC(=O)CCO[Si](C)(C)C. The molecule has 0 aromatic heterocycles. The predicted octanol–water partition coefficient (Wildman–Crippen LogP) is 3.04. The van der Waals surface area contributed by atoms with Crippen LogP contribution in [0.4, 0.5) is 0 Å². The highest BCUT2D eigenvalue weighted by atomic mass is 28.4. The number of rotatable bonds is 8. The van der Waals surface area contributed by atoms with E-state index in [1.54, 1.807) is 0 Å². The average molecular weight is 262 g/mol. The molecule has 0 saturated heterocycles. The minimum absolute atomic E-state index is 0.247. The van der Waals surface area contributed by atoms with Crippen LogP contribution in [0.3, 0.4) is 0 Å². The highest BCUT2D eigenvalue weighted by Crippen LogP contribution is 2.06. The van der Waals surface area contributed by atoms with Gasteiger partial charge in [0.15, 0.2) is 16.6 Å². The molecule has 0 atom stereocenters. The van der Waals surface area contributed by atoms with Crippen molar-refractivity contribution in [3.05, 3.63) is 0 Å². The molecule has 3 nitrogen and oxygen atoms in total. The van der Waals surface area contributed by atoms with E-state index in [1.807, 2.05) is 0 Å². The lowest BCUT2D eigenvalue weighted by Gasteiger charge is -2.18. The summed E-state index contributed by atoms with van der Waals surface area (Å²) >= 11 is 0. The van der Waals surface area contributed by atoms with E-state index in [9.17, 15) is 4.79 Å². The molecule has 0 aromatic rings. The van der Waals surface area contributed by atoms with Crippen molar-refractivity contribution in [1.82, 2.24) is 0 Å². The van der Waals surface area contributed by atoms with E-state index in [4.69, 9.17) is 8.85 Å². The van der Waals surface area contributed by atoms with Gasteiger partial charge in [-0.3, -0.25) is 4.79 Å². The van der Waals surface area contributed by atoms with Gasteiger partial charge in [0, 0.05) is 26.1 Å². The second-order valence-corrected chi connectivity index (χ2v) is 15.0. The summed E-state index contributed by atoms with van der Waals surface area (Å²) in [6.07, 6.45) is 1.05. The molecule has 0 aliphatic heterocycles. The van der Waals surface area contributed by atoms with Crippen molar-refractivity contribution in [2.24, 2.45) is 0 Å². The maximum absolute atomic E-state index is 11.5. The van der Waals surface area contributed by atoms with Crippen molar-refractivity contribution < 1.29 is 13.6 Å². The topological polar surface area (TPSA) is 35.5 Å². The molecular formula is C11H26O3Si2. The molecule has 0 N–H and O–H groups in total. The Balaban J connectivity index is 3.53. The first-order valence-corrected chi connectivity index (χ1v) is 12.7. The summed E-state index contributed by atoms with van der Waals surface area (Å²) in [6, 6.07) is 0. The summed E-state index contributed by atoms with van der Waals surface area (Å²) in [6.45, 7) is 13.9. The molecule has 0 saturated carbocycles. The molecule has 16 heavy (non-hydrogen) atoms. The van der Waals surface area contributed by atoms with E-state index in [0.29, 0.717) is 26.1 Å². The second kappa shape index (κ2) is 6.68. The van der Waals surface area contributed by atoms with Crippen LogP contribution in [0, 0.1) is 0 Å². The number of ketones is 1. The predicted molar refractivity (Wildman–Crippen MR) is 72.8 cm³/mol. The van der Waals surface area contributed by atoms with Crippen molar-refractivity contribution >= 4 is 22.4 Å². The number of Topliss-reactive ketones (excluding diaryl/α,β-unsaturated/α-hetero) is 1. The summed E-state index contributed by atoms with van der Waals surface area (Å²) < 4.78 is 11.3. The smallest absolute Gasteiger partial charge is 0.183 e. The van der Waals surface area contributed by atoms with Crippen LogP contribution in [0.1, 0.15) is 12.8 Å². The number of hydrogen-bond acceptors (Lipinski definition) is 3. The first-order chi connectivity index (χ1) is 7.10. The van der Waals surface area contributed by atoms with Crippen LogP contribution >= 0.6 is 0 Å². The molecule has 96 valence electrons. The van der Waals surface area contributed by atoms with Crippen LogP contribution in [0.2, 0.25) is 39.3 Å². The van der Waals surface area contributed by atoms with Crippen LogP contribution in [-0.2, 0) is 13.6 Å². The molecule has 0 aliphatic rings. The maximum atomic E-state index is 11.5. The van der Waals surface area contributed by atoms with E-state index < -0.39 is 16.6 Å². The van der Waals surface area contributed by atoms with Crippen molar-refractivity contribution in [2.45, 2.75) is 52.1 Å².